The first-order chi connectivity index (χ1) is 13.5. The summed E-state index contributed by atoms with van der Waals surface area (Å²) in [6.07, 6.45) is 0. The molecule has 140 valence electrons. The molecule has 0 fully saturated rings. The van der Waals surface area contributed by atoms with Gasteiger partial charge in [0.1, 0.15) is 10.9 Å². The van der Waals surface area contributed by atoms with E-state index in [-0.39, 0.29) is 5.78 Å². The van der Waals surface area contributed by atoms with E-state index in [4.69, 9.17) is 5.73 Å². The second-order valence-electron chi connectivity index (χ2n) is 6.42. The van der Waals surface area contributed by atoms with E-state index in [1.807, 2.05) is 89.5 Å². The molecule has 1 aliphatic rings. The summed E-state index contributed by atoms with van der Waals surface area (Å²) in [5.74, 6) is 0.0360. The van der Waals surface area contributed by atoms with Gasteiger partial charge in [0, 0.05) is 15.6 Å². The SMILES string of the molecule is NC1=[N+](c2ccc(Br)cc2)C(Br)(c2ccccc2)C(C(=O)c2ccccc2)S1. The lowest BCUT2D eigenvalue weighted by molar-refractivity contribution is -0.498. The van der Waals surface area contributed by atoms with Crippen LogP contribution >= 0.6 is 43.6 Å². The van der Waals surface area contributed by atoms with Crippen LogP contribution in [-0.4, -0.2) is 20.8 Å². The fourth-order valence-corrected chi connectivity index (χ4v) is 6.14. The van der Waals surface area contributed by atoms with E-state index < -0.39 is 9.70 Å². The number of alkyl halides is 1. The third-order valence-corrected chi connectivity index (χ3v) is 8.01. The van der Waals surface area contributed by atoms with Crippen molar-refractivity contribution in [1.82, 2.24) is 0 Å². The van der Waals surface area contributed by atoms with Crippen LogP contribution in [0, 0.1) is 0 Å². The molecule has 0 amide bonds. The van der Waals surface area contributed by atoms with Gasteiger partial charge in [-0.05, 0) is 52.0 Å². The summed E-state index contributed by atoms with van der Waals surface area (Å²) in [6.45, 7) is 0. The highest BCUT2D eigenvalue weighted by Crippen LogP contribution is 2.50. The van der Waals surface area contributed by atoms with Gasteiger partial charge >= 0.3 is 5.17 Å². The van der Waals surface area contributed by atoms with Crippen molar-refractivity contribution in [2.24, 2.45) is 5.73 Å². The normalized spacial score (nSPS) is 21.7. The zero-order chi connectivity index (χ0) is 19.7. The molecule has 0 saturated heterocycles. The number of nitrogens with two attached hydrogens (primary N) is 1. The van der Waals surface area contributed by atoms with Gasteiger partial charge in [0.2, 0.25) is 4.45 Å². The molecule has 0 radical (unpaired) electrons. The van der Waals surface area contributed by atoms with Gasteiger partial charge in [0.15, 0.2) is 5.78 Å². The number of nitrogens with zero attached hydrogens (tertiary/aromatic N) is 1. The second-order valence-corrected chi connectivity index (χ2v) is 9.67. The van der Waals surface area contributed by atoms with Crippen molar-refractivity contribution in [2.75, 3.05) is 0 Å². The third-order valence-electron chi connectivity index (χ3n) is 4.69. The monoisotopic (exact) mass is 515 g/mol. The summed E-state index contributed by atoms with van der Waals surface area (Å²) in [6, 6.07) is 27.2. The first kappa shape index (κ1) is 19.4. The Morgan fingerprint density at radius 2 is 1.50 bits per heavy atom. The molecule has 3 aromatic rings. The Labute approximate surface area is 184 Å². The van der Waals surface area contributed by atoms with Crippen LogP contribution in [0.3, 0.4) is 0 Å². The highest BCUT2D eigenvalue weighted by atomic mass is 79.9. The van der Waals surface area contributed by atoms with Gasteiger partial charge in [-0.15, -0.1) is 0 Å². The molecule has 2 atom stereocenters. The minimum absolute atomic E-state index is 0.0360. The average molecular weight is 517 g/mol. The van der Waals surface area contributed by atoms with Crippen molar-refractivity contribution >= 4 is 60.3 Å². The summed E-state index contributed by atoms with van der Waals surface area (Å²) >= 11 is 8.82. The summed E-state index contributed by atoms with van der Waals surface area (Å²) < 4.78 is 2.19. The number of halogens is 2. The molecule has 2 unspecified atom stereocenters. The maximum atomic E-state index is 13.5. The smallest absolute Gasteiger partial charge is 0.293 e. The predicted molar refractivity (Wildman–Crippen MR) is 122 cm³/mol. The van der Waals surface area contributed by atoms with Crippen LogP contribution in [0.5, 0.6) is 0 Å². The lowest BCUT2D eigenvalue weighted by Gasteiger charge is -2.29. The molecular formula is C22H17Br2N2OS+. The number of ketones is 1. The molecular weight excluding hydrogens is 500 g/mol. The van der Waals surface area contributed by atoms with Gasteiger partial charge in [-0.25, -0.2) is 4.58 Å². The average Bonchev–Trinajstić information content (AvgIpc) is 3.01. The van der Waals surface area contributed by atoms with Gasteiger partial charge in [0.25, 0.3) is 0 Å². The molecule has 0 bridgehead atoms. The maximum absolute atomic E-state index is 13.5. The molecule has 3 nitrogen and oxygen atoms in total. The molecule has 0 aliphatic carbocycles. The Bertz CT molecular complexity index is 1040. The second kappa shape index (κ2) is 7.85. The minimum atomic E-state index is -0.802. The lowest BCUT2D eigenvalue weighted by atomic mass is 9.96. The predicted octanol–water partition coefficient (Wildman–Crippen LogP) is 5.65. The summed E-state index contributed by atoms with van der Waals surface area (Å²) in [5.41, 5.74) is 9.04. The van der Waals surface area contributed by atoms with E-state index in [0.717, 1.165) is 15.7 Å². The van der Waals surface area contributed by atoms with Gasteiger partial charge in [-0.2, -0.15) is 0 Å². The number of rotatable bonds is 4. The molecule has 6 heteroatoms. The Balaban J connectivity index is 1.88. The van der Waals surface area contributed by atoms with Gasteiger partial charge < -0.3 is 0 Å². The van der Waals surface area contributed by atoms with Gasteiger partial charge in [-0.3, -0.25) is 10.5 Å². The van der Waals surface area contributed by atoms with E-state index in [1.165, 1.54) is 11.8 Å². The molecule has 0 aromatic heterocycles. The first-order valence-corrected chi connectivity index (χ1v) is 11.2. The van der Waals surface area contributed by atoms with Gasteiger partial charge in [-0.1, -0.05) is 76.6 Å². The van der Waals surface area contributed by atoms with E-state index in [1.54, 1.807) is 0 Å². The maximum Gasteiger partial charge on any atom is 0.311 e. The van der Waals surface area contributed by atoms with Crippen LogP contribution in [0.15, 0.2) is 89.4 Å². The lowest BCUT2D eigenvalue weighted by Crippen LogP contribution is -2.41. The number of Topliss-reactive ketones (excluding diaryl/α,β-unsaturated/α-hetero) is 1. The standard InChI is InChI=1S/C22H16Br2N2OS/c23-17-11-13-18(14-12-17)26-21(25)28-20(19(27)15-7-3-1-4-8-15)22(26,24)16-9-5-2-6-10-16/h1-14,20,25H/p+1. The number of carbonyl (C=O) groups excluding carboxylic acids is 1. The number of carbonyl (C=O) groups is 1. The van der Waals surface area contributed by atoms with Crippen molar-refractivity contribution in [3.05, 3.63) is 101 Å². The number of thioether (sulfide) groups is 1. The molecule has 1 heterocycles. The van der Waals surface area contributed by atoms with Crippen LogP contribution in [0.4, 0.5) is 5.69 Å². The van der Waals surface area contributed by atoms with E-state index in [0.29, 0.717) is 10.7 Å². The molecule has 1 aliphatic heterocycles. The van der Waals surface area contributed by atoms with Crippen molar-refractivity contribution in [3.8, 4) is 0 Å². The molecule has 0 saturated carbocycles. The van der Waals surface area contributed by atoms with Crippen molar-refractivity contribution in [2.45, 2.75) is 9.70 Å². The van der Waals surface area contributed by atoms with E-state index in [9.17, 15) is 4.79 Å². The molecule has 28 heavy (non-hydrogen) atoms. The largest absolute Gasteiger partial charge is 0.311 e. The summed E-state index contributed by atoms with van der Waals surface area (Å²) in [7, 11) is 0. The van der Waals surface area contributed by atoms with Crippen molar-refractivity contribution in [3.63, 3.8) is 0 Å². The van der Waals surface area contributed by atoms with Crippen LogP contribution in [0.1, 0.15) is 15.9 Å². The van der Waals surface area contributed by atoms with Crippen LogP contribution in [0.2, 0.25) is 0 Å². The topological polar surface area (TPSA) is 46.1 Å². The molecule has 4 rings (SSSR count). The third kappa shape index (κ3) is 3.34. The van der Waals surface area contributed by atoms with Crippen molar-refractivity contribution in [1.29, 1.82) is 0 Å². The number of benzene rings is 3. The zero-order valence-electron chi connectivity index (χ0n) is 14.8. The number of hydrogen-bond acceptors (Lipinski definition) is 3. The van der Waals surface area contributed by atoms with Crippen LogP contribution in [-0.2, 0) is 4.45 Å². The molecule has 2 N–H and O–H groups in total. The van der Waals surface area contributed by atoms with Crippen LogP contribution < -0.4 is 5.73 Å². The molecule has 0 spiro atoms. The Hall–Kier alpha value is -1.89. The quantitative estimate of drug-likeness (QED) is 0.211. The van der Waals surface area contributed by atoms with Gasteiger partial charge in [0.05, 0.1) is 0 Å². The zero-order valence-corrected chi connectivity index (χ0v) is 18.7. The fourth-order valence-electron chi connectivity index (χ4n) is 3.37. The first-order valence-electron chi connectivity index (χ1n) is 8.70. The van der Waals surface area contributed by atoms with E-state index in [2.05, 4.69) is 31.9 Å². The fraction of sp³-hybridized carbons (Fsp3) is 0.0909. The van der Waals surface area contributed by atoms with Crippen molar-refractivity contribution < 1.29 is 9.37 Å². The Morgan fingerprint density at radius 1 is 0.929 bits per heavy atom. The van der Waals surface area contributed by atoms with Crippen LogP contribution in [0.25, 0.3) is 0 Å². The summed E-state index contributed by atoms with van der Waals surface area (Å²) in [5, 5.41) is 0.137. The van der Waals surface area contributed by atoms with E-state index >= 15 is 0 Å². The Kier molecular flexibility index (Phi) is 5.45. The highest BCUT2D eigenvalue weighted by molar-refractivity contribution is 9.10. The Morgan fingerprint density at radius 3 is 2.11 bits per heavy atom. The number of hydrogen-bond donors (Lipinski definition) is 1. The highest BCUT2D eigenvalue weighted by Gasteiger charge is 2.57. The summed E-state index contributed by atoms with van der Waals surface area (Å²) in [4.78, 5) is 13.5. The molecule has 3 aromatic carbocycles. The number of amidine groups is 1. The minimum Gasteiger partial charge on any atom is -0.293 e.